The van der Waals surface area contributed by atoms with Gasteiger partial charge in [-0.1, -0.05) is 12.1 Å². The first kappa shape index (κ1) is 34.6. The fraction of sp³-hybridized carbons (Fsp3) is 0.306. The number of amides is 1. The van der Waals surface area contributed by atoms with E-state index in [1.807, 2.05) is 18.2 Å². The van der Waals surface area contributed by atoms with E-state index in [0.29, 0.717) is 46.9 Å². The summed E-state index contributed by atoms with van der Waals surface area (Å²) in [5, 5.41) is 9.43. The lowest BCUT2D eigenvalue weighted by Gasteiger charge is -2.26. The number of hydrogen-bond acceptors (Lipinski definition) is 6. The Hall–Kier alpha value is -5.27. The van der Waals surface area contributed by atoms with Gasteiger partial charge in [0.1, 0.15) is 17.7 Å². The number of hydrogen-bond donors (Lipinski definition) is 1. The molecule has 50 heavy (non-hydrogen) atoms. The van der Waals surface area contributed by atoms with E-state index in [1.54, 1.807) is 50.2 Å². The van der Waals surface area contributed by atoms with Crippen molar-refractivity contribution in [3.63, 3.8) is 0 Å². The van der Waals surface area contributed by atoms with Crippen LogP contribution in [-0.2, 0) is 17.1 Å². The van der Waals surface area contributed by atoms with E-state index in [1.165, 1.54) is 18.1 Å². The average Bonchev–Trinajstić information content (AvgIpc) is 3.64. The van der Waals surface area contributed by atoms with Crippen molar-refractivity contribution >= 4 is 17.9 Å². The van der Waals surface area contributed by atoms with E-state index in [0.717, 1.165) is 16.7 Å². The van der Waals surface area contributed by atoms with Gasteiger partial charge in [-0.05, 0) is 96.6 Å². The molecule has 0 spiro atoms. The van der Waals surface area contributed by atoms with Gasteiger partial charge in [0.25, 0.3) is 0 Å². The molecule has 0 radical (unpaired) electrons. The third-order valence-electron chi connectivity index (χ3n) is 9.11. The molecule has 3 heterocycles. The molecule has 2 aliphatic heterocycles. The van der Waals surface area contributed by atoms with Crippen LogP contribution in [0.25, 0.3) is 22.3 Å². The van der Waals surface area contributed by atoms with Crippen LogP contribution in [0, 0.1) is 6.92 Å². The number of pyridine rings is 1. The maximum Gasteiger partial charge on any atom is 0.416 e. The highest BCUT2D eigenvalue weighted by Gasteiger charge is 2.52. The smallest absolute Gasteiger partial charge is 0.416 e. The summed E-state index contributed by atoms with van der Waals surface area (Å²) in [5.74, 6) is -0.0494. The Labute approximate surface area is 282 Å². The largest absolute Gasteiger partial charge is 0.496 e. The number of aryl methyl sites for hydroxylation is 1. The highest BCUT2D eigenvalue weighted by molar-refractivity contribution is 5.89. The van der Waals surface area contributed by atoms with Gasteiger partial charge in [0.05, 0.1) is 41.6 Å². The number of rotatable bonds is 7. The molecule has 0 saturated carbocycles. The lowest BCUT2D eigenvalue weighted by molar-refractivity contribution is -0.143. The fourth-order valence-corrected chi connectivity index (χ4v) is 6.75. The number of nitrogens with zero attached hydrogens (tertiary/aromatic N) is 3. The van der Waals surface area contributed by atoms with Gasteiger partial charge in [0.2, 0.25) is 0 Å². The van der Waals surface area contributed by atoms with Gasteiger partial charge in [0.15, 0.2) is 0 Å². The van der Waals surface area contributed by atoms with Crippen LogP contribution >= 0.6 is 0 Å². The lowest BCUT2D eigenvalue weighted by atomic mass is 9.92. The van der Waals surface area contributed by atoms with Gasteiger partial charge in [-0.2, -0.15) is 26.3 Å². The molecule has 2 aliphatic rings. The number of cyclic esters (lactones) is 1. The van der Waals surface area contributed by atoms with E-state index in [-0.39, 0.29) is 18.1 Å². The zero-order valence-electron chi connectivity index (χ0n) is 27.2. The molecule has 0 aliphatic carbocycles. The van der Waals surface area contributed by atoms with Gasteiger partial charge in [0, 0.05) is 25.2 Å². The molecule has 1 aromatic heterocycles. The molecule has 6 rings (SSSR count). The maximum atomic E-state index is 13.7. The van der Waals surface area contributed by atoms with E-state index in [9.17, 15) is 41.0 Å². The Morgan fingerprint density at radius 1 is 0.900 bits per heavy atom. The number of ether oxygens (including phenoxy) is 2. The molecule has 1 amide bonds. The molecule has 1 N–H and O–H groups in total. The Morgan fingerprint density at radius 2 is 1.56 bits per heavy atom. The van der Waals surface area contributed by atoms with Gasteiger partial charge >= 0.3 is 24.4 Å². The van der Waals surface area contributed by atoms with E-state index in [2.05, 4.69) is 0 Å². The fourth-order valence-electron chi connectivity index (χ4n) is 6.75. The number of anilines is 1. The van der Waals surface area contributed by atoms with Crippen molar-refractivity contribution in [3.8, 4) is 28.0 Å². The first-order valence-electron chi connectivity index (χ1n) is 15.5. The SMILES string of the molecule is COc1ccc(-c2ccc(C(=O)O)cc2C)cc1-c1ccc(N(C)C)nc1[C@@H]1CCC2[C@@H](c3cc(C(F)(F)F)cc(C(F)(F)F)c3)OC(=O)N21. The predicted molar refractivity (Wildman–Crippen MR) is 171 cm³/mol. The predicted octanol–water partition coefficient (Wildman–Crippen LogP) is 8.93. The molecule has 8 nitrogen and oxygen atoms in total. The van der Waals surface area contributed by atoms with Crippen LogP contribution in [0.3, 0.4) is 0 Å². The topological polar surface area (TPSA) is 92.2 Å². The number of carbonyl (C=O) groups is 2. The standard InChI is InChI=1S/C36H31F6N3O5/c1-18-13-20(33(46)47)5-7-24(18)19-6-11-29(49-4)26(16-19)25-8-12-30(44(2)3)43-31(25)27-9-10-28-32(50-34(48)45(27)28)21-14-22(35(37,38)39)17-23(15-21)36(40,41)42/h5-8,11-17,27-28,32H,9-10H2,1-4H3,(H,46,47)/t27-,28?,32+/m0/s1. The molecule has 2 saturated heterocycles. The van der Waals surface area contributed by atoms with E-state index < -0.39 is 59.3 Å². The van der Waals surface area contributed by atoms with E-state index >= 15 is 0 Å². The second-order valence-electron chi connectivity index (χ2n) is 12.5. The Morgan fingerprint density at radius 3 is 2.14 bits per heavy atom. The number of halogens is 6. The number of alkyl halides is 6. The highest BCUT2D eigenvalue weighted by atomic mass is 19.4. The van der Waals surface area contributed by atoms with Gasteiger partial charge in [-0.25, -0.2) is 14.6 Å². The van der Waals surface area contributed by atoms with Crippen molar-refractivity contribution in [1.82, 2.24) is 9.88 Å². The second kappa shape index (κ2) is 12.6. The van der Waals surface area contributed by atoms with Gasteiger partial charge in [-0.15, -0.1) is 0 Å². The molecule has 0 bridgehead atoms. The molecule has 262 valence electrons. The summed E-state index contributed by atoms with van der Waals surface area (Å²) >= 11 is 0. The lowest BCUT2D eigenvalue weighted by Crippen LogP contribution is -2.31. The number of carbonyl (C=O) groups excluding carboxylic acids is 1. The van der Waals surface area contributed by atoms with Gasteiger partial charge < -0.3 is 19.5 Å². The monoisotopic (exact) mass is 699 g/mol. The molecule has 1 unspecified atom stereocenters. The minimum absolute atomic E-state index is 0.0436. The molecule has 3 atom stereocenters. The van der Waals surface area contributed by atoms with E-state index in [4.69, 9.17) is 14.5 Å². The molecule has 3 aromatic carbocycles. The molecular formula is C36H31F6N3O5. The first-order valence-corrected chi connectivity index (χ1v) is 15.5. The van der Waals surface area contributed by atoms with Crippen LogP contribution in [0.4, 0.5) is 37.0 Å². The number of aromatic carboxylic acids is 1. The summed E-state index contributed by atoms with van der Waals surface area (Å²) < 4.78 is 93.4. The van der Waals surface area contributed by atoms with Crippen molar-refractivity contribution in [3.05, 3.63) is 100 Å². The van der Waals surface area contributed by atoms with Crippen molar-refractivity contribution in [1.29, 1.82) is 0 Å². The van der Waals surface area contributed by atoms with Crippen molar-refractivity contribution < 1.29 is 50.5 Å². The summed E-state index contributed by atoms with van der Waals surface area (Å²) in [6.45, 7) is 1.79. The van der Waals surface area contributed by atoms with Gasteiger partial charge in [-0.3, -0.25) is 4.90 Å². The number of aromatic nitrogens is 1. The molecule has 4 aromatic rings. The Kier molecular flexibility index (Phi) is 8.69. The summed E-state index contributed by atoms with van der Waals surface area (Å²) in [7, 11) is 5.05. The van der Waals surface area contributed by atoms with Crippen LogP contribution in [0.2, 0.25) is 0 Å². The zero-order valence-corrected chi connectivity index (χ0v) is 27.2. The number of carboxylic acids is 1. The van der Waals surface area contributed by atoms with Crippen molar-refractivity contribution in [2.24, 2.45) is 0 Å². The maximum absolute atomic E-state index is 13.7. The van der Waals surface area contributed by atoms with Crippen LogP contribution in [0.1, 0.15) is 63.3 Å². The Balaban J connectivity index is 1.44. The minimum Gasteiger partial charge on any atom is -0.496 e. The van der Waals surface area contributed by atoms with Crippen LogP contribution in [0.15, 0.2) is 66.7 Å². The highest BCUT2D eigenvalue weighted by Crippen LogP contribution is 2.51. The quantitative estimate of drug-likeness (QED) is 0.193. The summed E-state index contributed by atoms with van der Waals surface area (Å²) in [5.41, 5.74) is 0.591. The summed E-state index contributed by atoms with van der Waals surface area (Å²) in [6, 6.07) is 13.4. The summed E-state index contributed by atoms with van der Waals surface area (Å²) in [6.07, 6.45) is -11.9. The molecular weight excluding hydrogens is 668 g/mol. The first-order chi connectivity index (χ1) is 23.5. The van der Waals surface area contributed by atoms with Crippen LogP contribution < -0.4 is 9.64 Å². The number of carboxylic acid groups (broad SMARTS) is 1. The zero-order chi connectivity index (χ0) is 36.3. The number of fused-ring (bicyclic) bond motifs is 1. The third-order valence-corrected chi connectivity index (χ3v) is 9.11. The summed E-state index contributed by atoms with van der Waals surface area (Å²) in [4.78, 5) is 33.0. The van der Waals surface area contributed by atoms with Crippen LogP contribution in [-0.4, -0.2) is 54.3 Å². The third kappa shape index (κ3) is 6.29. The molecule has 14 heteroatoms. The van der Waals surface area contributed by atoms with Crippen molar-refractivity contribution in [2.75, 3.05) is 26.1 Å². The average molecular weight is 700 g/mol. The molecule has 2 fully saturated rings. The second-order valence-corrected chi connectivity index (χ2v) is 12.5. The van der Waals surface area contributed by atoms with Crippen molar-refractivity contribution in [2.45, 2.75) is 50.3 Å². The Bertz CT molecular complexity index is 1960. The van der Waals surface area contributed by atoms with Crippen LogP contribution in [0.5, 0.6) is 5.75 Å². The normalized spacial score (nSPS) is 19.0. The number of methoxy groups -OCH3 is 1. The number of benzene rings is 3. The minimum atomic E-state index is -5.06.